The lowest BCUT2D eigenvalue weighted by Gasteiger charge is -2.05. The highest BCUT2D eigenvalue weighted by molar-refractivity contribution is 7.17. The first kappa shape index (κ1) is 18.3. The molecule has 0 spiro atoms. The zero-order chi connectivity index (χ0) is 19.5. The highest BCUT2D eigenvalue weighted by Gasteiger charge is 2.16. The van der Waals surface area contributed by atoms with Gasteiger partial charge in [-0.15, -0.1) is 11.3 Å². The summed E-state index contributed by atoms with van der Waals surface area (Å²) in [4.78, 5) is 22.1. The van der Waals surface area contributed by atoms with Gasteiger partial charge in [0, 0.05) is 35.7 Å². The van der Waals surface area contributed by atoms with Crippen molar-refractivity contribution in [3.63, 3.8) is 0 Å². The van der Waals surface area contributed by atoms with Crippen LogP contribution in [0.1, 0.15) is 20.9 Å². The molecule has 0 radical (unpaired) electrons. The van der Waals surface area contributed by atoms with Crippen molar-refractivity contribution >= 4 is 28.8 Å². The summed E-state index contributed by atoms with van der Waals surface area (Å²) in [6.07, 6.45) is 5.26. The lowest BCUT2D eigenvalue weighted by molar-refractivity contribution is 0.0954. The second-order valence-electron chi connectivity index (χ2n) is 6.10. The molecule has 6 nitrogen and oxygen atoms in total. The number of hydrogen-bond donors (Lipinski definition) is 1. The molecule has 0 saturated heterocycles. The summed E-state index contributed by atoms with van der Waals surface area (Å²) in [7, 11) is 0. The van der Waals surface area contributed by atoms with Crippen LogP contribution in [-0.4, -0.2) is 25.7 Å². The Morgan fingerprint density at radius 1 is 1.21 bits per heavy atom. The van der Waals surface area contributed by atoms with Gasteiger partial charge < -0.3 is 5.32 Å². The third-order valence-corrected chi connectivity index (χ3v) is 5.55. The minimum Gasteiger partial charge on any atom is -0.347 e. The van der Waals surface area contributed by atoms with Crippen molar-refractivity contribution < 1.29 is 4.79 Å². The molecule has 28 heavy (non-hydrogen) atoms. The van der Waals surface area contributed by atoms with Gasteiger partial charge in [0.2, 0.25) is 0 Å². The smallest absolute Gasteiger partial charge is 0.263 e. The number of benzene rings is 1. The van der Waals surface area contributed by atoms with Crippen LogP contribution in [-0.2, 0) is 6.54 Å². The van der Waals surface area contributed by atoms with Crippen molar-refractivity contribution in [1.82, 2.24) is 25.1 Å². The van der Waals surface area contributed by atoms with Crippen molar-refractivity contribution in [2.45, 2.75) is 13.5 Å². The van der Waals surface area contributed by atoms with Crippen LogP contribution in [0, 0.1) is 6.92 Å². The maximum absolute atomic E-state index is 12.6. The Balaban J connectivity index is 1.43. The van der Waals surface area contributed by atoms with E-state index in [4.69, 9.17) is 11.6 Å². The monoisotopic (exact) mass is 409 g/mol. The number of hydrogen-bond acceptors (Lipinski definition) is 5. The zero-order valence-electron chi connectivity index (χ0n) is 15.0. The summed E-state index contributed by atoms with van der Waals surface area (Å²) in [6, 6.07) is 13.0. The number of aromatic nitrogens is 4. The molecule has 0 bridgehead atoms. The number of carbonyl (C=O) groups is 1. The number of pyridine rings is 1. The summed E-state index contributed by atoms with van der Waals surface area (Å²) in [5.74, 6) is 0.581. The van der Waals surface area contributed by atoms with Gasteiger partial charge in [-0.05, 0) is 36.8 Å². The van der Waals surface area contributed by atoms with E-state index in [9.17, 15) is 4.79 Å². The first-order chi connectivity index (χ1) is 13.6. The molecule has 0 atom stereocenters. The molecule has 0 aliphatic rings. The summed E-state index contributed by atoms with van der Waals surface area (Å²) in [6.45, 7) is 2.23. The predicted molar refractivity (Wildman–Crippen MR) is 110 cm³/mol. The predicted octanol–water partition coefficient (Wildman–Crippen LogP) is 4.28. The Bertz CT molecular complexity index is 1090. The van der Waals surface area contributed by atoms with Crippen molar-refractivity contribution in [2.24, 2.45) is 0 Å². The van der Waals surface area contributed by atoms with E-state index in [1.54, 1.807) is 17.1 Å². The number of nitrogens with zero attached hydrogens (tertiary/aromatic N) is 4. The quantitative estimate of drug-likeness (QED) is 0.534. The normalized spacial score (nSPS) is 10.8. The molecular formula is C20H16ClN5OS. The van der Waals surface area contributed by atoms with E-state index in [1.807, 2.05) is 55.6 Å². The van der Waals surface area contributed by atoms with E-state index in [0.717, 1.165) is 22.0 Å². The van der Waals surface area contributed by atoms with Gasteiger partial charge in [0.25, 0.3) is 5.91 Å². The average molecular weight is 410 g/mol. The van der Waals surface area contributed by atoms with Crippen LogP contribution in [0.4, 0.5) is 0 Å². The minimum atomic E-state index is -0.147. The number of amides is 1. The fourth-order valence-corrected chi connectivity index (χ4v) is 3.76. The van der Waals surface area contributed by atoms with Crippen LogP contribution in [0.25, 0.3) is 16.4 Å². The number of thiazole rings is 1. The SMILES string of the molecule is Cc1nc(-c2ccc(Cl)cc2)sc1C(=O)NCc1ccc(-n2cccn2)nc1. The minimum absolute atomic E-state index is 0.147. The third kappa shape index (κ3) is 3.95. The lowest BCUT2D eigenvalue weighted by Crippen LogP contribution is -2.22. The molecule has 0 fully saturated rings. The molecule has 3 heterocycles. The van der Waals surface area contributed by atoms with Crippen LogP contribution in [0.2, 0.25) is 5.02 Å². The summed E-state index contributed by atoms with van der Waals surface area (Å²) in [5.41, 5.74) is 2.55. The standard InChI is InChI=1S/C20H16ClN5OS/c1-13-18(28-20(25-13)15-4-6-16(21)7-5-15)19(27)23-12-14-3-8-17(22-11-14)26-10-2-9-24-26/h2-11H,12H2,1H3,(H,23,27). The molecule has 0 aliphatic heterocycles. The van der Waals surface area contributed by atoms with Gasteiger partial charge in [-0.3, -0.25) is 4.79 Å². The van der Waals surface area contributed by atoms with Crippen LogP contribution >= 0.6 is 22.9 Å². The number of nitrogens with one attached hydrogen (secondary N) is 1. The van der Waals surface area contributed by atoms with Gasteiger partial charge in [-0.1, -0.05) is 29.8 Å². The Labute approximate surface area is 170 Å². The van der Waals surface area contributed by atoms with Gasteiger partial charge in [0.15, 0.2) is 5.82 Å². The summed E-state index contributed by atoms with van der Waals surface area (Å²) >= 11 is 7.30. The highest BCUT2D eigenvalue weighted by Crippen LogP contribution is 2.28. The average Bonchev–Trinajstić information content (AvgIpc) is 3.37. The molecule has 0 unspecified atom stereocenters. The summed E-state index contributed by atoms with van der Waals surface area (Å²) < 4.78 is 1.68. The summed E-state index contributed by atoms with van der Waals surface area (Å²) in [5, 5.41) is 8.54. The Morgan fingerprint density at radius 2 is 2.04 bits per heavy atom. The second-order valence-corrected chi connectivity index (χ2v) is 7.53. The van der Waals surface area contributed by atoms with Crippen molar-refractivity contribution in [3.05, 3.63) is 82.2 Å². The maximum Gasteiger partial charge on any atom is 0.263 e. The molecule has 0 saturated carbocycles. The number of aryl methyl sites for hydroxylation is 1. The van der Waals surface area contributed by atoms with Gasteiger partial charge in [0.1, 0.15) is 9.88 Å². The Morgan fingerprint density at radius 3 is 2.71 bits per heavy atom. The molecule has 4 aromatic rings. The molecule has 4 rings (SSSR count). The van der Waals surface area contributed by atoms with Gasteiger partial charge in [0.05, 0.1) is 5.69 Å². The van der Waals surface area contributed by atoms with Gasteiger partial charge in [-0.25, -0.2) is 14.6 Å². The van der Waals surface area contributed by atoms with E-state index >= 15 is 0 Å². The Hall–Kier alpha value is -3.03. The van der Waals surface area contributed by atoms with Crippen LogP contribution in [0.3, 0.4) is 0 Å². The molecule has 1 N–H and O–H groups in total. The molecule has 3 aromatic heterocycles. The van der Waals surface area contributed by atoms with E-state index < -0.39 is 0 Å². The van der Waals surface area contributed by atoms with E-state index in [2.05, 4.69) is 20.4 Å². The van der Waals surface area contributed by atoms with Gasteiger partial charge >= 0.3 is 0 Å². The third-order valence-electron chi connectivity index (χ3n) is 4.10. The Kier molecular flexibility index (Phi) is 5.18. The lowest BCUT2D eigenvalue weighted by atomic mass is 10.2. The number of carbonyl (C=O) groups excluding carboxylic acids is 1. The zero-order valence-corrected chi connectivity index (χ0v) is 16.5. The molecule has 8 heteroatoms. The fraction of sp³-hybridized carbons (Fsp3) is 0.100. The van der Waals surface area contributed by atoms with E-state index in [0.29, 0.717) is 22.1 Å². The van der Waals surface area contributed by atoms with Crippen molar-refractivity contribution in [1.29, 1.82) is 0 Å². The van der Waals surface area contributed by atoms with Crippen molar-refractivity contribution in [3.8, 4) is 16.4 Å². The number of rotatable bonds is 5. The molecule has 140 valence electrons. The maximum atomic E-state index is 12.6. The number of halogens is 1. The molecule has 0 aliphatic carbocycles. The first-order valence-corrected chi connectivity index (χ1v) is 9.76. The van der Waals surface area contributed by atoms with Crippen LogP contribution < -0.4 is 5.32 Å². The molecular weight excluding hydrogens is 394 g/mol. The highest BCUT2D eigenvalue weighted by atomic mass is 35.5. The van der Waals surface area contributed by atoms with Crippen LogP contribution in [0.5, 0.6) is 0 Å². The molecule has 1 amide bonds. The fourth-order valence-electron chi connectivity index (χ4n) is 2.65. The second kappa shape index (κ2) is 7.92. The van der Waals surface area contributed by atoms with Crippen molar-refractivity contribution in [2.75, 3.05) is 0 Å². The van der Waals surface area contributed by atoms with E-state index in [1.165, 1.54) is 11.3 Å². The largest absolute Gasteiger partial charge is 0.347 e. The van der Waals surface area contributed by atoms with E-state index in [-0.39, 0.29) is 5.91 Å². The molecule has 1 aromatic carbocycles. The first-order valence-electron chi connectivity index (χ1n) is 8.56. The van der Waals surface area contributed by atoms with Gasteiger partial charge in [-0.2, -0.15) is 5.10 Å². The van der Waals surface area contributed by atoms with Crippen LogP contribution in [0.15, 0.2) is 61.1 Å². The topological polar surface area (TPSA) is 72.7 Å².